The third-order valence-corrected chi connectivity index (χ3v) is 4.64. The number of anilines is 2. The largest absolute Gasteiger partial charge is 0.378 e. The fraction of sp³-hybridized carbons (Fsp3) is 0.556. The molecule has 0 saturated carbocycles. The number of para-hydroxylation sites is 2. The van der Waals surface area contributed by atoms with Gasteiger partial charge in [0.15, 0.2) is 0 Å². The zero-order chi connectivity index (χ0) is 16.9. The number of nitrogens with one attached hydrogen (secondary N) is 1. The Hall–Kier alpha value is -2.08. The average molecular weight is 331 g/mol. The first-order chi connectivity index (χ1) is 11.6. The number of carbonyl (C=O) groups is 2. The normalized spacial score (nSPS) is 21.5. The lowest BCUT2D eigenvalue weighted by Crippen LogP contribution is -2.45. The maximum atomic E-state index is 12.4. The number of nitrogens with zero attached hydrogens (tertiary/aromatic N) is 2. The van der Waals surface area contributed by atoms with Gasteiger partial charge in [0.25, 0.3) is 0 Å². The van der Waals surface area contributed by atoms with Crippen molar-refractivity contribution in [1.82, 2.24) is 4.90 Å². The second-order valence-electron chi connectivity index (χ2n) is 6.57. The number of rotatable bonds is 2. The van der Waals surface area contributed by atoms with Gasteiger partial charge in [-0.15, -0.1) is 0 Å². The highest BCUT2D eigenvalue weighted by molar-refractivity contribution is 6.39. The Kier molecular flexibility index (Phi) is 5.35. The Morgan fingerprint density at radius 3 is 2.67 bits per heavy atom. The van der Waals surface area contributed by atoms with Gasteiger partial charge in [0.05, 0.1) is 24.6 Å². The molecule has 130 valence electrons. The highest BCUT2D eigenvalue weighted by Crippen LogP contribution is 2.26. The molecular formula is C18H25N3O3. The van der Waals surface area contributed by atoms with Crippen LogP contribution in [0.1, 0.15) is 19.8 Å². The summed E-state index contributed by atoms with van der Waals surface area (Å²) in [5.74, 6) is -0.528. The van der Waals surface area contributed by atoms with Crippen LogP contribution in [0.5, 0.6) is 0 Å². The minimum Gasteiger partial charge on any atom is -0.378 e. The van der Waals surface area contributed by atoms with Crippen molar-refractivity contribution in [1.29, 1.82) is 0 Å². The van der Waals surface area contributed by atoms with Crippen molar-refractivity contribution in [3.05, 3.63) is 24.3 Å². The van der Waals surface area contributed by atoms with Gasteiger partial charge in [-0.1, -0.05) is 19.1 Å². The second kappa shape index (κ2) is 7.66. The quantitative estimate of drug-likeness (QED) is 0.838. The number of likely N-dealkylation sites (tertiary alicyclic amines) is 1. The van der Waals surface area contributed by atoms with Crippen LogP contribution in [0, 0.1) is 5.92 Å². The molecular weight excluding hydrogens is 306 g/mol. The van der Waals surface area contributed by atoms with Crippen molar-refractivity contribution < 1.29 is 14.3 Å². The summed E-state index contributed by atoms with van der Waals surface area (Å²) < 4.78 is 5.38. The van der Waals surface area contributed by atoms with Crippen LogP contribution in [0.4, 0.5) is 11.4 Å². The van der Waals surface area contributed by atoms with Crippen molar-refractivity contribution in [3.63, 3.8) is 0 Å². The molecule has 2 amide bonds. The second-order valence-corrected chi connectivity index (χ2v) is 6.57. The van der Waals surface area contributed by atoms with Crippen LogP contribution in [-0.4, -0.2) is 56.1 Å². The van der Waals surface area contributed by atoms with Crippen molar-refractivity contribution in [2.24, 2.45) is 5.92 Å². The van der Waals surface area contributed by atoms with E-state index in [1.54, 1.807) is 4.90 Å². The lowest BCUT2D eigenvalue weighted by molar-refractivity contribution is -0.144. The van der Waals surface area contributed by atoms with E-state index >= 15 is 0 Å². The molecule has 0 aromatic heterocycles. The fourth-order valence-electron chi connectivity index (χ4n) is 3.35. The molecule has 2 heterocycles. The standard InChI is InChI=1S/C18H25N3O3/c1-14-5-4-8-21(13-14)18(23)17(22)19-15-6-2-3-7-16(15)20-9-11-24-12-10-20/h2-3,6-7,14H,4-5,8-13H2,1H3,(H,19,22). The fourth-order valence-corrected chi connectivity index (χ4v) is 3.35. The predicted octanol–water partition coefficient (Wildman–Crippen LogP) is 1.72. The minimum atomic E-state index is -0.551. The molecule has 3 rings (SSSR count). The smallest absolute Gasteiger partial charge is 0.313 e. The van der Waals surface area contributed by atoms with E-state index in [1.807, 2.05) is 24.3 Å². The van der Waals surface area contributed by atoms with Crippen molar-refractivity contribution >= 4 is 23.2 Å². The topological polar surface area (TPSA) is 61.9 Å². The Morgan fingerprint density at radius 1 is 1.17 bits per heavy atom. The number of piperidine rings is 1. The molecule has 6 heteroatoms. The monoisotopic (exact) mass is 331 g/mol. The summed E-state index contributed by atoms with van der Waals surface area (Å²) in [5.41, 5.74) is 1.62. The zero-order valence-electron chi connectivity index (χ0n) is 14.2. The summed E-state index contributed by atoms with van der Waals surface area (Å²) in [4.78, 5) is 28.7. The van der Waals surface area contributed by atoms with Gasteiger partial charge in [-0.3, -0.25) is 9.59 Å². The van der Waals surface area contributed by atoms with Crippen LogP contribution >= 0.6 is 0 Å². The molecule has 1 atom stereocenters. The zero-order valence-corrected chi connectivity index (χ0v) is 14.2. The molecule has 0 aliphatic carbocycles. The number of ether oxygens (including phenoxy) is 1. The third kappa shape index (κ3) is 3.87. The Bertz CT molecular complexity index is 599. The summed E-state index contributed by atoms with van der Waals surface area (Å²) in [6.07, 6.45) is 2.08. The minimum absolute atomic E-state index is 0.432. The van der Waals surface area contributed by atoms with Crippen molar-refractivity contribution in [2.45, 2.75) is 19.8 Å². The number of hydrogen-bond acceptors (Lipinski definition) is 4. The number of amides is 2. The molecule has 2 aliphatic heterocycles. The number of morpholine rings is 1. The van der Waals surface area contributed by atoms with Gasteiger partial charge in [0.1, 0.15) is 0 Å². The summed E-state index contributed by atoms with van der Waals surface area (Å²) >= 11 is 0. The highest BCUT2D eigenvalue weighted by atomic mass is 16.5. The first-order valence-electron chi connectivity index (χ1n) is 8.67. The molecule has 0 radical (unpaired) electrons. The van der Waals surface area contributed by atoms with E-state index in [1.165, 1.54) is 0 Å². The predicted molar refractivity (Wildman–Crippen MR) is 93.1 cm³/mol. The van der Waals surface area contributed by atoms with E-state index < -0.39 is 11.8 Å². The summed E-state index contributed by atoms with van der Waals surface area (Å²) in [6.45, 7) is 6.36. The van der Waals surface area contributed by atoms with Crippen molar-refractivity contribution in [3.8, 4) is 0 Å². The first-order valence-corrected chi connectivity index (χ1v) is 8.67. The SMILES string of the molecule is CC1CCCN(C(=O)C(=O)Nc2ccccc2N2CCOCC2)C1. The number of benzene rings is 1. The van der Waals surface area contributed by atoms with E-state index in [0.29, 0.717) is 37.9 Å². The van der Waals surface area contributed by atoms with Gasteiger partial charge in [0.2, 0.25) is 0 Å². The third-order valence-electron chi connectivity index (χ3n) is 4.64. The van der Waals surface area contributed by atoms with Gasteiger partial charge in [-0.2, -0.15) is 0 Å². The van der Waals surface area contributed by atoms with E-state index in [-0.39, 0.29) is 0 Å². The Labute approximate surface area is 142 Å². The lowest BCUT2D eigenvalue weighted by atomic mass is 10.0. The van der Waals surface area contributed by atoms with Crippen LogP contribution in [0.15, 0.2) is 24.3 Å². The number of carbonyl (C=O) groups excluding carboxylic acids is 2. The molecule has 0 bridgehead atoms. The molecule has 2 saturated heterocycles. The summed E-state index contributed by atoms with van der Waals surface area (Å²) in [7, 11) is 0. The van der Waals surface area contributed by atoms with Crippen molar-refractivity contribution in [2.75, 3.05) is 49.6 Å². The average Bonchev–Trinajstić information content (AvgIpc) is 2.62. The van der Waals surface area contributed by atoms with Crippen LogP contribution in [0.2, 0.25) is 0 Å². The molecule has 6 nitrogen and oxygen atoms in total. The molecule has 2 aliphatic rings. The van der Waals surface area contributed by atoms with E-state index in [0.717, 1.165) is 31.6 Å². The highest BCUT2D eigenvalue weighted by Gasteiger charge is 2.27. The Morgan fingerprint density at radius 2 is 1.92 bits per heavy atom. The van der Waals surface area contributed by atoms with E-state index in [9.17, 15) is 9.59 Å². The molecule has 1 N–H and O–H groups in total. The summed E-state index contributed by atoms with van der Waals surface area (Å²) in [5, 5.41) is 2.81. The molecule has 24 heavy (non-hydrogen) atoms. The molecule has 1 aromatic carbocycles. The lowest BCUT2D eigenvalue weighted by Gasteiger charge is -2.31. The molecule has 1 aromatic rings. The maximum absolute atomic E-state index is 12.4. The van der Waals surface area contributed by atoms with Gasteiger partial charge in [-0.25, -0.2) is 0 Å². The Balaban J connectivity index is 1.68. The van der Waals surface area contributed by atoms with Gasteiger partial charge >= 0.3 is 11.8 Å². The van der Waals surface area contributed by atoms with Gasteiger partial charge in [-0.05, 0) is 30.9 Å². The first kappa shape index (κ1) is 16.8. The van der Waals surface area contributed by atoms with Crippen LogP contribution < -0.4 is 10.2 Å². The van der Waals surface area contributed by atoms with E-state index in [4.69, 9.17) is 4.74 Å². The molecule has 1 unspecified atom stereocenters. The van der Waals surface area contributed by atoms with Gasteiger partial charge in [0, 0.05) is 26.2 Å². The molecule has 2 fully saturated rings. The summed E-state index contributed by atoms with van der Waals surface area (Å²) in [6, 6.07) is 7.62. The molecule has 0 spiro atoms. The number of hydrogen-bond donors (Lipinski definition) is 1. The van der Waals surface area contributed by atoms with Gasteiger partial charge < -0.3 is 19.9 Å². The van der Waals surface area contributed by atoms with E-state index in [2.05, 4.69) is 17.1 Å². The van der Waals surface area contributed by atoms with Crippen LogP contribution in [-0.2, 0) is 14.3 Å². The van der Waals surface area contributed by atoms with Crippen LogP contribution in [0.3, 0.4) is 0 Å². The van der Waals surface area contributed by atoms with Crippen LogP contribution in [0.25, 0.3) is 0 Å². The maximum Gasteiger partial charge on any atom is 0.313 e.